The zero-order chi connectivity index (χ0) is 17.7. The molecule has 1 unspecified atom stereocenters. The quantitative estimate of drug-likeness (QED) is 0.594. The number of carbonyl (C=O) groups excluding carboxylic acids is 2. The molecule has 0 bridgehead atoms. The lowest BCUT2D eigenvalue weighted by Crippen LogP contribution is -2.38. The fourth-order valence-electron chi connectivity index (χ4n) is 2.85. The highest BCUT2D eigenvalue weighted by atomic mass is 16.5. The van der Waals surface area contributed by atoms with Gasteiger partial charge >= 0.3 is 5.97 Å². The number of ether oxygens (including phenoxy) is 1. The summed E-state index contributed by atoms with van der Waals surface area (Å²) >= 11 is 0. The molecular formula is C18H25N3O3. The second kappa shape index (κ2) is 8.06. The molecule has 0 aromatic heterocycles. The molecule has 1 aromatic carbocycles. The second-order valence-electron chi connectivity index (χ2n) is 5.89. The number of carbonyl (C=O) groups is 2. The Morgan fingerprint density at radius 3 is 2.58 bits per heavy atom. The van der Waals surface area contributed by atoms with Gasteiger partial charge in [0.05, 0.1) is 12.6 Å². The number of benzene rings is 1. The number of hydrazone groups is 1. The summed E-state index contributed by atoms with van der Waals surface area (Å²) in [7, 11) is 0. The predicted molar refractivity (Wildman–Crippen MR) is 92.9 cm³/mol. The summed E-state index contributed by atoms with van der Waals surface area (Å²) in [5.74, 6) is 0.0674. The van der Waals surface area contributed by atoms with Crippen LogP contribution in [0.5, 0.6) is 5.75 Å². The van der Waals surface area contributed by atoms with Gasteiger partial charge < -0.3 is 4.74 Å². The number of nitrogens with zero attached hydrogens (tertiary/aromatic N) is 3. The van der Waals surface area contributed by atoms with Crippen LogP contribution in [0.15, 0.2) is 29.4 Å². The molecule has 1 heterocycles. The van der Waals surface area contributed by atoms with Crippen LogP contribution in [0.25, 0.3) is 0 Å². The van der Waals surface area contributed by atoms with Gasteiger partial charge in [-0.2, -0.15) is 5.10 Å². The SMILES string of the molecule is CCN(CC)CC(=O)N1N=C(C)CC1c1ccccc1OC(C)=O. The van der Waals surface area contributed by atoms with Crippen LogP contribution >= 0.6 is 0 Å². The van der Waals surface area contributed by atoms with Crippen molar-refractivity contribution >= 4 is 17.6 Å². The van der Waals surface area contributed by atoms with E-state index in [1.807, 2.05) is 39.0 Å². The van der Waals surface area contributed by atoms with E-state index in [0.29, 0.717) is 18.7 Å². The fourth-order valence-corrected chi connectivity index (χ4v) is 2.85. The Kier molecular flexibility index (Phi) is 6.09. The van der Waals surface area contributed by atoms with Crippen molar-refractivity contribution in [3.05, 3.63) is 29.8 Å². The first-order valence-electron chi connectivity index (χ1n) is 8.32. The molecule has 6 nitrogen and oxygen atoms in total. The Hall–Kier alpha value is -2.21. The number of para-hydroxylation sites is 1. The minimum atomic E-state index is -0.376. The molecule has 1 aliphatic rings. The molecule has 24 heavy (non-hydrogen) atoms. The summed E-state index contributed by atoms with van der Waals surface area (Å²) in [5, 5.41) is 5.96. The zero-order valence-corrected chi connectivity index (χ0v) is 14.8. The van der Waals surface area contributed by atoms with Gasteiger partial charge in [0.2, 0.25) is 0 Å². The van der Waals surface area contributed by atoms with Crippen molar-refractivity contribution in [1.82, 2.24) is 9.91 Å². The van der Waals surface area contributed by atoms with Crippen molar-refractivity contribution in [3.63, 3.8) is 0 Å². The second-order valence-corrected chi connectivity index (χ2v) is 5.89. The van der Waals surface area contributed by atoms with E-state index in [1.54, 1.807) is 6.07 Å². The molecule has 0 fully saturated rings. The predicted octanol–water partition coefficient (Wildman–Crippen LogP) is 2.60. The van der Waals surface area contributed by atoms with Crippen LogP contribution in [0.2, 0.25) is 0 Å². The smallest absolute Gasteiger partial charge is 0.308 e. The molecule has 0 spiro atoms. The van der Waals surface area contributed by atoms with Gasteiger partial charge in [-0.25, -0.2) is 5.01 Å². The van der Waals surface area contributed by atoms with E-state index < -0.39 is 0 Å². The Bertz CT molecular complexity index is 638. The van der Waals surface area contributed by atoms with Crippen molar-refractivity contribution in [3.8, 4) is 5.75 Å². The topological polar surface area (TPSA) is 62.2 Å². The lowest BCUT2D eigenvalue weighted by molar-refractivity contribution is -0.134. The number of rotatable bonds is 6. The molecule has 6 heteroatoms. The van der Waals surface area contributed by atoms with Gasteiger partial charge in [0.1, 0.15) is 5.75 Å². The van der Waals surface area contributed by atoms with Gasteiger partial charge in [0.15, 0.2) is 0 Å². The third-order valence-electron chi connectivity index (χ3n) is 4.10. The summed E-state index contributed by atoms with van der Waals surface area (Å²) < 4.78 is 5.31. The first-order chi connectivity index (χ1) is 11.5. The van der Waals surface area contributed by atoms with Crippen LogP contribution in [0.1, 0.15) is 45.7 Å². The molecule has 2 rings (SSSR count). The molecular weight excluding hydrogens is 306 g/mol. The third-order valence-corrected chi connectivity index (χ3v) is 4.10. The Labute approximate surface area is 143 Å². The first kappa shape index (κ1) is 18.1. The molecule has 1 atom stereocenters. The monoisotopic (exact) mass is 331 g/mol. The highest BCUT2D eigenvalue weighted by Crippen LogP contribution is 2.36. The molecule has 1 aliphatic heterocycles. The van der Waals surface area contributed by atoms with Gasteiger partial charge in [0, 0.05) is 24.6 Å². The largest absolute Gasteiger partial charge is 0.426 e. The van der Waals surface area contributed by atoms with Crippen LogP contribution in [0.3, 0.4) is 0 Å². The van der Waals surface area contributed by atoms with Crippen LogP contribution < -0.4 is 4.74 Å². The standard InChI is InChI=1S/C18H25N3O3/c1-5-20(6-2)12-18(23)21-16(11-13(3)19-21)15-9-7-8-10-17(15)24-14(4)22/h7-10,16H,5-6,11-12H2,1-4H3. The summed E-state index contributed by atoms with van der Waals surface area (Å²) in [6, 6.07) is 7.09. The highest BCUT2D eigenvalue weighted by Gasteiger charge is 2.33. The number of esters is 1. The van der Waals surface area contributed by atoms with Gasteiger partial charge in [-0.05, 0) is 26.1 Å². The van der Waals surface area contributed by atoms with Crippen molar-refractivity contribution in [1.29, 1.82) is 0 Å². The molecule has 0 radical (unpaired) electrons. The normalized spacial score (nSPS) is 17.1. The summed E-state index contributed by atoms with van der Waals surface area (Å²) in [6.45, 7) is 9.30. The number of amides is 1. The van der Waals surface area contributed by atoms with Gasteiger partial charge in [-0.15, -0.1) is 0 Å². The van der Waals surface area contributed by atoms with Crippen molar-refractivity contribution in [2.45, 2.75) is 40.2 Å². The zero-order valence-electron chi connectivity index (χ0n) is 14.8. The minimum absolute atomic E-state index is 0.0434. The molecule has 1 aromatic rings. The molecule has 0 N–H and O–H groups in total. The van der Waals surface area contributed by atoms with Crippen LogP contribution in [-0.4, -0.2) is 47.1 Å². The Balaban J connectivity index is 2.26. The van der Waals surface area contributed by atoms with E-state index >= 15 is 0 Å². The lowest BCUT2D eigenvalue weighted by Gasteiger charge is -2.26. The molecule has 0 saturated heterocycles. The van der Waals surface area contributed by atoms with E-state index in [-0.39, 0.29) is 17.9 Å². The van der Waals surface area contributed by atoms with Gasteiger partial charge in [-0.1, -0.05) is 32.0 Å². The maximum Gasteiger partial charge on any atom is 0.308 e. The van der Waals surface area contributed by atoms with Crippen LogP contribution in [-0.2, 0) is 9.59 Å². The lowest BCUT2D eigenvalue weighted by atomic mass is 10.0. The summed E-state index contributed by atoms with van der Waals surface area (Å²) in [5.41, 5.74) is 1.70. The third kappa shape index (κ3) is 4.20. The molecule has 1 amide bonds. The van der Waals surface area contributed by atoms with Crippen molar-refractivity contribution in [2.75, 3.05) is 19.6 Å². The molecule has 0 aliphatic carbocycles. The summed E-state index contributed by atoms with van der Waals surface area (Å²) in [4.78, 5) is 26.1. The summed E-state index contributed by atoms with van der Waals surface area (Å²) in [6.07, 6.45) is 0.641. The number of hydrogen-bond donors (Lipinski definition) is 0. The van der Waals surface area contributed by atoms with E-state index in [2.05, 4.69) is 10.0 Å². The van der Waals surface area contributed by atoms with E-state index in [9.17, 15) is 9.59 Å². The van der Waals surface area contributed by atoms with Crippen molar-refractivity contribution < 1.29 is 14.3 Å². The van der Waals surface area contributed by atoms with Crippen LogP contribution in [0.4, 0.5) is 0 Å². The maximum atomic E-state index is 12.7. The molecule has 130 valence electrons. The van der Waals surface area contributed by atoms with E-state index in [0.717, 1.165) is 24.4 Å². The van der Waals surface area contributed by atoms with E-state index in [1.165, 1.54) is 11.9 Å². The van der Waals surface area contributed by atoms with Gasteiger partial charge in [-0.3, -0.25) is 14.5 Å². The van der Waals surface area contributed by atoms with Gasteiger partial charge in [0.25, 0.3) is 5.91 Å². The minimum Gasteiger partial charge on any atom is -0.426 e. The van der Waals surface area contributed by atoms with E-state index in [4.69, 9.17) is 4.74 Å². The fraction of sp³-hybridized carbons (Fsp3) is 0.500. The Morgan fingerprint density at radius 2 is 1.96 bits per heavy atom. The average Bonchev–Trinajstić information content (AvgIpc) is 2.94. The number of hydrogen-bond acceptors (Lipinski definition) is 5. The maximum absolute atomic E-state index is 12.7. The number of likely N-dealkylation sites (N-methyl/N-ethyl adjacent to an activating group) is 1. The highest BCUT2D eigenvalue weighted by molar-refractivity contribution is 5.89. The Morgan fingerprint density at radius 1 is 1.29 bits per heavy atom. The van der Waals surface area contributed by atoms with Crippen molar-refractivity contribution in [2.24, 2.45) is 5.10 Å². The first-order valence-corrected chi connectivity index (χ1v) is 8.32. The average molecular weight is 331 g/mol. The molecule has 0 saturated carbocycles. The van der Waals surface area contributed by atoms with Crippen LogP contribution in [0, 0.1) is 0 Å².